The van der Waals surface area contributed by atoms with Crippen molar-refractivity contribution in [3.63, 3.8) is 0 Å². The highest BCUT2D eigenvalue weighted by Crippen LogP contribution is 2.28. The summed E-state index contributed by atoms with van der Waals surface area (Å²) in [6, 6.07) is 1.56. The highest BCUT2D eigenvalue weighted by molar-refractivity contribution is 5.37. The van der Waals surface area contributed by atoms with Crippen LogP contribution in [0.4, 0.5) is 17.6 Å². The lowest BCUT2D eigenvalue weighted by atomic mass is 9.93. The summed E-state index contributed by atoms with van der Waals surface area (Å²) in [5.41, 5.74) is 3.48. The molecule has 1 aromatic rings. The van der Waals surface area contributed by atoms with Crippen molar-refractivity contribution in [3.05, 3.63) is 29.3 Å². The largest absolute Gasteiger partial charge is 0.493 e. The van der Waals surface area contributed by atoms with Crippen LogP contribution in [0.2, 0.25) is 0 Å². The Balaban J connectivity index is 3.13. The fourth-order valence-electron chi connectivity index (χ4n) is 1.46. The van der Waals surface area contributed by atoms with Crippen LogP contribution >= 0.6 is 0 Å². The molecule has 1 rings (SSSR count). The topological polar surface area (TPSA) is 35.2 Å². The summed E-state index contributed by atoms with van der Waals surface area (Å²) in [6.07, 6.45) is -3.19. The van der Waals surface area contributed by atoms with E-state index in [1.807, 2.05) is 0 Å². The number of ether oxygens (including phenoxy) is 1. The molecule has 0 bridgehead atoms. The molecule has 0 aliphatic heterocycles. The van der Waals surface area contributed by atoms with Crippen molar-refractivity contribution in [2.24, 2.45) is 5.73 Å². The summed E-state index contributed by atoms with van der Waals surface area (Å²) in [5, 5.41) is 0. The maximum absolute atomic E-state index is 13.3. The van der Waals surface area contributed by atoms with E-state index in [0.717, 1.165) is 13.0 Å². The zero-order valence-corrected chi connectivity index (χ0v) is 9.44. The molecule has 1 aromatic carbocycles. The first-order chi connectivity index (χ1) is 7.77. The Bertz CT molecular complexity index is 407. The third-order valence-electron chi connectivity index (χ3n) is 2.36. The van der Waals surface area contributed by atoms with Crippen molar-refractivity contribution in [2.45, 2.75) is 25.3 Å². The average molecular weight is 251 g/mol. The normalized spacial score (nSPS) is 14.8. The first-order valence-corrected chi connectivity index (χ1v) is 4.87. The van der Waals surface area contributed by atoms with Crippen LogP contribution in [0.1, 0.15) is 12.5 Å². The van der Waals surface area contributed by atoms with Crippen LogP contribution in [0.25, 0.3) is 0 Å². The van der Waals surface area contributed by atoms with E-state index in [0.29, 0.717) is 6.07 Å². The van der Waals surface area contributed by atoms with Crippen molar-refractivity contribution >= 4 is 0 Å². The van der Waals surface area contributed by atoms with Crippen molar-refractivity contribution < 1.29 is 22.3 Å². The molecule has 1 atom stereocenters. The van der Waals surface area contributed by atoms with Gasteiger partial charge in [-0.05, 0) is 19.4 Å². The van der Waals surface area contributed by atoms with Crippen LogP contribution in [-0.2, 0) is 6.42 Å². The van der Waals surface area contributed by atoms with Crippen molar-refractivity contribution in [1.29, 1.82) is 0 Å². The summed E-state index contributed by atoms with van der Waals surface area (Å²) < 4.78 is 56.2. The quantitative estimate of drug-likeness (QED) is 0.834. The molecule has 0 aromatic heterocycles. The smallest absolute Gasteiger partial charge is 0.256 e. The molecule has 0 amide bonds. The van der Waals surface area contributed by atoms with Crippen LogP contribution in [0.15, 0.2) is 12.1 Å². The van der Waals surface area contributed by atoms with Crippen molar-refractivity contribution in [1.82, 2.24) is 0 Å². The Morgan fingerprint density at radius 3 is 2.41 bits per heavy atom. The Morgan fingerprint density at radius 1 is 1.35 bits per heavy atom. The van der Waals surface area contributed by atoms with Crippen molar-refractivity contribution in [2.75, 3.05) is 7.11 Å². The highest BCUT2D eigenvalue weighted by atomic mass is 19.3. The first-order valence-electron chi connectivity index (χ1n) is 4.87. The minimum atomic E-state index is -2.81. The zero-order valence-electron chi connectivity index (χ0n) is 9.44. The molecule has 0 saturated heterocycles. The van der Waals surface area contributed by atoms with Gasteiger partial charge in [-0.2, -0.15) is 0 Å². The minimum Gasteiger partial charge on any atom is -0.493 e. The molecule has 0 fully saturated rings. The lowest BCUT2D eigenvalue weighted by Gasteiger charge is -2.24. The average Bonchev–Trinajstić information content (AvgIpc) is 2.15. The van der Waals surface area contributed by atoms with E-state index < -0.39 is 23.6 Å². The molecule has 6 heteroatoms. The third kappa shape index (κ3) is 3.09. The number of nitrogens with two attached hydrogens (primary N) is 1. The SMILES string of the molecule is COc1c(F)cc(F)cc1CC(C)(N)C(F)F. The highest BCUT2D eigenvalue weighted by Gasteiger charge is 2.32. The molecule has 0 saturated carbocycles. The van der Waals surface area contributed by atoms with Crippen LogP contribution in [-0.4, -0.2) is 19.1 Å². The molecular weight excluding hydrogens is 238 g/mol. The lowest BCUT2D eigenvalue weighted by Crippen LogP contribution is -2.46. The molecular formula is C11H13F4NO. The number of hydrogen-bond donors (Lipinski definition) is 1. The second-order valence-electron chi connectivity index (χ2n) is 4.06. The maximum Gasteiger partial charge on any atom is 0.256 e. The Labute approximate surface area is 96.4 Å². The van der Waals surface area contributed by atoms with E-state index in [-0.39, 0.29) is 17.7 Å². The van der Waals surface area contributed by atoms with E-state index >= 15 is 0 Å². The van der Waals surface area contributed by atoms with Gasteiger partial charge in [0.1, 0.15) is 5.82 Å². The zero-order chi connectivity index (χ0) is 13.2. The molecule has 2 N–H and O–H groups in total. The molecule has 1 unspecified atom stereocenters. The number of halogens is 4. The number of methoxy groups -OCH3 is 1. The third-order valence-corrected chi connectivity index (χ3v) is 2.36. The molecule has 0 heterocycles. The van der Waals surface area contributed by atoms with E-state index in [9.17, 15) is 17.6 Å². The van der Waals surface area contributed by atoms with Crippen LogP contribution < -0.4 is 10.5 Å². The predicted octanol–water partition coefficient (Wildman–Crippen LogP) is 2.50. The van der Waals surface area contributed by atoms with Gasteiger partial charge in [-0.3, -0.25) is 0 Å². The number of alkyl halides is 2. The fraction of sp³-hybridized carbons (Fsp3) is 0.455. The number of rotatable bonds is 4. The Morgan fingerprint density at radius 2 is 1.94 bits per heavy atom. The van der Waals surface area contributed by atoms with Gasteiger partial charge < -0.3 is 10.5 Å². The number of hydrogen-bond acceptors (Lipinski definition) is 2. The van der Waals surface area contributed by atoms with Gasteiger partial charge >= 0.3 is 0 Å². The molecule has 17 heavy (non-hydrogen) atoms. The van der Waals surface area contributed by atoms with E-state index in [1.54, 1.807) is 0 Å². The summed E-state index contributed by atoms with van der Waals surface area (Å²) in [4.78, 5) is 0. The molecule has 0 aliphatic carbocycles. The minimum absolute atomic E-state index is 0.0182. The van der Waals surface area contributed by atoms with Gasteiger partial charge in [-0.25, -0.2) is 17.6 Å². The molecule has 0 spiro atoms. The van der Waals surface area contributed by atoms with Gasteiger partial charge in [0.25, 0.3) is 6.43 Å². The summed E-state index contributed by atoms with van der Waals surface area (Å²) in [6.45, 7) is 1.11. The fourth-order valence-corrected chi connectivity index (χ4v) is 1.46. The van der Waals surface area contributed by atoms with Gasteiger partial charge in [0.2, 0.25) is 0 Å². The van der Waals surface area contributed by atoms with Gasteiger partial charge in [0, 0.05) is 11.6 Å². The maximum atomic E-state index is 13.3. The molecule has 2 nitrogen and oxygen atoms in total. The van der Waals surface area contributed by atoms with Gasteiger partial charge in [0.15, 0.2) is 11.6 Å². The molecule has 0 aliphatic rings. The Kier molecular flexibility index (Phi) is 3.98. The van der Waals surface area contributed by atoms with Crippen LogP contribution in [0.5, 0.6) is 5.75 Å². The van der Waals surface area contributed by atoms with E-state index in [2.05, 4.69) is 0 Å². The summed E-state index contributed by atoms with van der Waals surface area (Å²) in [7, 11) is 1.18. The van der Waals surface area contributed by atoms with Crippen LogP contribution in [0, 0.1) is 11.6 Å². The van der Waals surface area contributed by atoms with Crippen molar-refractivity contribution in [3.8, 4) is 5.75 Å². The van der Waals surface area contributed by atoms with E-state index in [1.165, 1.54) is 7.11 Å². The first kappa shape index (κ1) is 13.8. The van der Waals surface area contributed by atoms with E-state index in [4.69, 9.17) is 10.5 Å². The summed E-state index contributed by atoms with van der Waals surface area (Å²) >= 11 is 0. The van der Waals surface area contributed by atoms with Gasteiger partial charge in [-0.1, -0.05) is 0 Å². The Hall–Kier alpha value is -1.30. The number of benzene rings is 1. The predicted molar refractivity (Wildman–Crippen MR) is 55.2 cm³/mol. The second-order valence-corrected chi connectivity index (χ2v) is 4.06. The van der Waals surface area contributed by atoms with Gasteiger partial charge in [0.05, 0.1) is 12.6 Å². The second kappa shape index (κ2) is 4.91. The summed E-state index contributed by atoms with van der Waals surface area (Å²) in [5.74, 6) is -2.06. The van der Waals surface area contributed by atoms with Crippen LogP contribution in [0.3, 0.4) is 0 Å². The monoisotopic (exact) mass is 251 g/mol. The lowest BCUT2D eigenvalue weighted by molar-refractivity contribution is 0.0635. The van der Waals surface area contributed by atoms with Gasteiger partial charge in [-0.15, -0.1) is 0 Å². The molecule has 0 radical (unpaired) electrons. The molecule has 96 valence electrons. The standard InChI is InChI=1S/C11H13F4NO/c1-11(16,10(14)15)5-6-3-7(12)4-8(13)9(6)17-2/h3-4,10H,5,16H2,1-2H3.